The van der Waals surface area contributed by atoms with Crippen molar-refractivity contribution in [1.82, 2.24) is 5.01 Å². The van der Waals surface area contributed by atoms with Crippen LogP contribution in [0.5, 0.6) is 0 Å². The van der Waals surface area contributed by atoms with E-state index in [1.165, 1.54) is 24.3 Å². The maximum atomic E-state index is 13.4. The van der Waals surface area contributed by atoms with Gasteiger partial charge in [-0.1, -0.05) is 24.3 Å². The van der Waals surface area contributed by atoms with Crippen molar-refractivity contribution >= 4 is 29.1 Å². The van der Waals surface area contributed by atoms with Crippen molar-refractivity contribution in [2.75, 3.05) is 0 Å². The van der Waals surface area contributed by atoms with Crippen molar-refractivity contribution in [1.29, 1.82) is 0 Å². The second-order valence-corrected chi connectivity index (χ2v) is 7.30. The van der Waals surface area contributed by atoms with Crippen molar-refractivity contribution in [3.63, 3.8) is 0 Å². The van der Waals surface area contributed by atoms with Crippen molar-refractivity contribution in [3.8, 4) is 0 Å². The molecule has 1 fully saturated rings. The number of benzene rings is 2. The van der Waals surface area contributed by atoms with Gasteiger partial charge in [-0.25, -0.2) is 13.8 Å². The molecule has 1 heterocycles. The molecular formula is C21H19F2N3S. The van der Waals surface area contributed by atoms with Crippen LogP contribution in [0.3, 0.4) is 0 Å². The summed E-state index contributed by atoms with van der Waals surface area (Å²) in [4.78, 5) is 0. The van der Waals surface area contributed by atoms with Gasteiger partial charge in [0.2, 0.25) is 0 Å². The third kappa shape index (κ3) is 3.49. The van der Waals surface area contributed by atoms with E-state index in [1.54, 1.807) is 29.3 Å². The SMILES string of the molecule is NC(=S)N1N=C2C(=Cc3ccc(F)cc3)CCCC2C1c1ccc(F)cc1. The van der Waals surface area contributed by atoms with Crippen LogP contribution in [-0.2, 0) is 0 Å². The van der Waals surface area contributed by atoms with Gasteiger partial charge in [0.1, 0.15) is 11.6 Å². The number of hydrogen-bond donors (Lipinski definition) is 1. The number of allylic oxidation sites excluding steroid dienone is 1. The van der Waals surface area contributed by atoms with Crippen LogP contribution in [0.15, 0.2) is 59.2 Å². The Balaban J connectivity index is 1.72. The summed E-state index contributed by atoms with van der Waals surface area (Å²) in [6.07, 6.45) is 4.92. The summed E-state index contributed by atoms with van der Waals surface area (Å²) in [5.74, 6) is -0.398. The summed E-state index contributed by atoms with van der Waals surface area (Å²) in [7, 11) is 0. The molecule has 2 N–H and O–H groups in total. The highest BCUT2D eigenvalue weighted by Gasteiger charge is 2.42. The van der Waals surface area contributed by atoms with E-state index in [0.29, 0.717) is 0 Å². The van der Waals surface area contributed by atoms with E-state index in [4.69, 9.17) is 23.1 Å². The first-order valence-electron chi connectivity index (χ1n) is 8.92. The largest absolute Gasteiger partial charge is 0.375 e. The van der Waals surface area contributed by atoms with Gasteiger partial charge < -0.3 is 5.73 Å². The number of thiocarbonyl (C=S) groups is 1. The fourth-order valence-corrected chi connectivity index (χ4v) is 4.09. The summed E-state index contributed by atoms with van der Waals surface area (Å²) < 4.78 is 26.5. The molecular weight excluding hydrogens is 364 g/mol. The molecule has 2 atom stereocenters. The van der Waals surface area contributed by atoms with Gasteiger partial charge in [-0.2, -0.15) is 5.10 Å². The minimum atomic E-state index is -0.277. The number of fused-ring (bicyclic) bond motifs is 1. The van der Waals surface area contributed by atoms with E-state index >= 15 is 0 Å². The zero-order valence-corrected chi connectivity index (χ0v) is 15.4. The van der Waals surface area contributed by atoms with Gasteiger partial charge in [-0.05, 0) is 78.5 Å². The Morgan fingerprint density at radius 3 is 2.33 bits per heavy atom. The van der Waals surface area contributed by atoms with Crippen LogP contribution in [0.4, 0.5) is 8.78 Å². The molecule has 4 rings (SSSR count). The van der Waals surface area contributed by atoms with Gasteiger partial charge in [0.25, 0.3) is 0 Å². The van der Waals surface area contributed by atoms with E-state index in [1.807, 2.05) is 0 Å². The molecule has 6 heteroatoms. The number of hydrazone groups is 1. The Morgan fingerprint density at radius 2 is 1.70 bits per heavy atom. The second kappa shape index (κ2) is 7.19. The van der Waals surface area contributed by atoms with Crippen LogP contribution in [0, 0.1) is 17.6 Å². The second-order valence-electron chi connectivity index (χ2n) is 6.88. The van der Waals surface area contributed by atoms with Crippen molar-refractivity contribution in [3.05, 3.63) is 76.9 Å². The Morgan fingerprint density at radius 1 is 1.07 bits per heavy atom. The normalized spacial score (nSPS) is 23.3. The molecule has 0 spiro atoms. The van der Waals surface area contributed by atoms with Gasteiger partial charge in [0.05, 0.1) is 11.8 Å². The molecule has 0 bridgehead atoms. The van der Waals surface area contributed by atoms with Crippen LogP contribution in [0.1, 0.15) is 36.4 Å². The molecule has 138 valence electrons. The average molecular weight is 383 g/mol. The highest BCUT2D eigenvalue weighted by Crippen LogP contribution is 2.44. The average Bonchev–Trinajstić information content (AvgIpc) is 3.05. The molecule has 1 saturated carbocycles. The van der Waals surface area contributed by atoms with Crippen molar-refractivity contribution < 1.29 is 8.78 Å². The van der Waals surface area contributed by atoms with Gasteiger partial charge in [-0.3, -0.25) is 0 Å². The molecule has 0 aromatic heterocycles. The predicted octanol–water partition coefficient (Wildman–Crippen LogP) is 4.80. The summed E-state index contributed by atoms with van der Waals surface area (Å²) in [5.41, 5.74) is 9.89. The minimum Gasteiger partial charge on any atom is -0.375 e. The number of halogens is 2. The molecule has 0 saturated heterocycles. The standard InChI is InChI=1S/C21H19F2N3S/c22-16-8-4-13(5-9-16)12-15-2-1-3-18-19(15)25-26(21(24)27)20(18)14-6-10-17(23)11-7-14/h4-12,18,20H,1-3H2,(H2,24,27). The first kappa shape index (κ1) is 17.8. The highest BCUT2D eigenvalue weighted by atomic mass is 32.1. The number of hydrogen-bond acceptors (Lipinski definition) is 2. The Kier molecular flexibility index (Phi) is 4.74. The number of nitrogens with zero attached hydrogens (tertiary/aromatic N) is 2. The summed E-state index contributed by atoms with van der Waals surface area (Å²) in [5, 5.41) is 6.61. The van der Waals surface area contributed by atoms with Crippen LogP contribution < -0.4 is 5.73 Å². The van der Waals surface area contributed by atoms with Crippen LogP contribution >= 0.6 is 12.2 Å². The van der Waals surface area contributed by atoms with Crippen LogP contribution in [0.2, 0.25) is 0 Å². The predicted molar refractivity (Wildman–Crippen MR) is 107 cm³/mol. The fraction of sp³-hybridized carbons (Fsp3) is 0.238. The Bertz CT molecular complexity index is 919. The number of rotatable bonds is 2. The van der Waals surface area contributed by atoms with Crippen molar-refractivity contribution in [2.45, 2.75) is 25.3 Å². The minimum absolute atomic E-state index is 0.130. The molecule has 2 aromatic carbocycles. The summed E-state index contributed by atoms with van der Waals surface area (Å²) >= 11 is 5.22. The lowest BCUT2D eigenvalue weighted by atomic mass is 9.77. The van der Waals surface area contributed by atoms with E-state index in [0.717, 1.165) is 41.7 Å². The van der Waals surface area contributed by atoms with E-state index in [9.17, 15) is 8.78 Å². The molecule has 1 aliphatic carbocycles. The summed E-state index contributed by atoms with van der Waals surface area (Å²) in [6, 6.07) is 12.7. The topological polar surface area (TPSA) is 41.6 Å². The highest BCUT2D eigenvalue weighted by molar-refractivity contribution is 7.80. The van der Waals surface area contributed by atoms with E-state index < -0.39 is 0 Å². The molecule has 2 aromatic rings. The molecule has 1 aliphatic heterocycles. The molecule has 27 heavy (non-hydrogen) atoms. The third-order valence-corrected chi connectivity index (χ3v) is 5.34. The number of nitrogens with two attached hydrogens (primary N) is 1. The quantitative estimate of drug-likeness (QED) is 0.757. The molecule has 0 amide bonds. The molecule has 2 unspecified atom stereocenters. The fourth-order valence-electron chi connectivity index (χ4n) is 3.94. The first-order valence-corrected chi connectivity index (χ1v) is 9.33. The molecule has 3 nitrogen and oxygen atoms in total. The van der Waals surface area contributed by atoms with E-state index in [2.05, 4.69) is 6.08 Å². The summed E-state index contributed by atoms with van der Waals surface area (Å²) in [6.45, 7) is 0. The maximum Gasteiger partial charge on any atom is 0.187 e. The zero-order chi connectivity index (χ0) is 19.0. The molecule has 0 radical (unpaired) electrons. The third-order valence-electron chi connectivity index (χ3n) is 5.15. The van der Waals surface area contributed by atoms with Crippen molar-refractivity contribution in [2.24, 2.45) is 16.8 Å². The van der Waals surface area contributed by atoms with Gasteiger partial charge >= 0.3 is 0 Å². The molecule has 2 aliphatic rings. The van der Waals surface area contributed by atoms with E-state index in [-0.39, 0.29) is 28.7 Å². The first-order chi connectivity index (χ1) is 13.0. The smallest absolute Gasteiger partial charge is 0.187 e. The van der Waals surface area contributed by atoms with Gasteiger partial charge in [-0.15, -0.1) is 0 Å². The lowest BCUT2D eigenvalue weighted by Gasteiger charge is -2.29. The maximum absolute atomic E-state index is 13.4. The lowest BCUT2D eigenvalue weighted by molar-refractivity contribution is 0.305. The monoisotopic (exact) mass is 383 g/mol. The Labute approximate surface area is 162 Å². The Hall–Kier alpha value is -2.60. The van der Waals surface area contributed by atoms with Crippen LogP contribution in [0.25, 0.3) is 6.08 Å². The lowest BCUT2D eigenvalue weighted by Crippen LogP contribution is -2.34. The van der Waals surface area contributed by atoms with Crippen LogP contribution in [-0.4, -0.2) is 15.8 Å². The van der Waals surface area contributed by atoms with Gasteiger partial charge in [0, 0.05) is 5.92 Å². The van der Waals surface area contributed by atoms with Gasteiger partial charge in [0.15, 0.2) is 5.11 Å². The zero-order valence-electron chi connectivity index (χ0n) is 14.6.